The lowest BCUT2D eigenvalue weighted by Gasteiger charge is -2.06. The topological polar surface area (TPSA) is 43.4 Å². The molecule has 2 aromatic carbocycles. The van der Waals surface area contributed by atoms with Gasteiger partial charge in [-0.15, -0.1) is 0 Å². The Labute approximate surface area is 119 Å². The van der Waals surface area contributed by atoms with Crippen LogP contribution in [0, 0.1) is 5.82 Å². The highest BCUT2D eigenvalue weighted by Crippen LogP contribution is 2.18. The molecule has 0 aromatic heterocycles. The summed E-state index contributed by atoms with van der Waals surface area (Å²) in [5.41, 5.74) is 0.472. The molecule has 5 heteroatoms. The van der Waals surface area contributed by atoms with E-state index in [-0.39, 0.29) is 16.4 Å². The summed E-state index contributed by atoms with van der Waals surface area (Å²) in [5, 5.41) is -0.0536. The molecule has 0 unspecified atom stereocenters. The molecule has 2 rings (SSSR count). The number of esters is 1. The maximum absolute atomic E-state index is 12.9. The Bertz CT molecular complexity index is 641. The number of hydrogen-bond donors (Lipinski definition) is 0. The molecule has 0 fully saturated rings. The Morgan fingerprint density at radius 1 is 1.10 bits per heavy atom. The van der Waals surface area contributed by atoms with Crippen LogP contribution in [0.5, 0.6) is 0 Å². The molecule has 0 radical (unpaired) electrons. The lowest BCUT2D eigenvalue weighted by atomic mass is 10.1. The Morgan fingerprint density at radius 2 is 1.80 bits per heavy atom. The summed E-state index contributed by atoms with van der Waals surface area (Å²) < 4.78 is 17.7. The van der Waals surface area contributed by atoms with Crippen LogP contribution in [0.15, 0.2) is 48.5 Å². The Morgan fingerprint density at radius 3 is 2.45 bits per heavy atom. The third kappa shape index (κ3) is 3.42. The number of carbonyl (C=O) groups excluding carboxylic acids is 2. The van der Waals surface area contributed by atoms with Gasteiger partial charge in [0.25, 0.3) is 0 Å². The van der Waals surface area contributed by atoms with Gasteiger partial charge in [-0.25, -0.2) is 9.18 Å². The minimum Gasteiger partial charge on any atom is -0.454 e. The molecule has 0 spiro atoms. The molecule has 102 valence electrons. The van der Waals surface area contributed by atoms with Crippen LogP contribution in [-0.2, 0) is 4.74 Å². The van der Waals surface area contributed by atoms with E-state index in [1.807, 2.05) is 0 Å². The molecule has 0 aliphatic heterocycles. The van der Waals surface area contributed by atoms with Crippen molar-refractivity contribution in [1.82, 2.24) is 0 Å². The zero-order valence-electron chi connectivity index (χ0n) is 10.3. The van der Waals surface area contributed by atoms with E-state index < -0.39 is 18.4 Å². The van der Waals surface area contributed by atoms with E-state index in [0.29, 0.717) is 5.56 Å². The van der Waals surface area contributed by atoms with Crippen molar-refractivity contribution < 1.29 is 18.7 Å². The van der Waals surface area contributed by atoms with E-state index in [4.69, 9.17) is 16.3 Å². The lowest BCUT2D eigenvalue weighted by Crippen LogP contribution is -2.14. The standard InChI is InChI=1S/C15H10ClFO3/c16-13-8-11(17)6-7-12(13)15(19)20-9-14(18)10-4-2-1-3-5-10/h1-8H,9H2. The molecule has 2 aromatic rings. The maximum atomic E-state index is 12.9. The van der Waals surface area contributed by atoms with Crippen molar-refractivity contribution in [2.75, 3.05) is 6.61 Å². The van der Waals surface area contributed by atoms with Crippen molar-refractivity contribution in [2.24, 2.45) is 0 Å². The normalized spacial score (nSPS) is 10.1. The fraction of sp³-hybridized carbons (Fsp3) is 0.0667. The van der Waals surface area contributed by atoms with Crippen molar-refractivity contribution in [2.45, 2.75) is 0 Å². The van der Waals surface area contributed by atoms with Crippen LogP contribution in [-0.4, -0.2) is 18.4 Å². The summed E-state index contributed by atoms with van der Waals surface area (Å²) in [7, 11) is 0. The molecule has 0 saturated heterocycles. The van der Waals surface area contributed by atoms with Gasteiger partial charge in [0.1, 0.15) is 5.82 Å². The zero-order valence-corrected chi connectivity index (χ0v) is 11.1. The van der Waals surface area contributed by atoms with Crippen LogP contribution in [0.3, 0.4) is 0 Å². The van der Waals surface area contributed by atoms with Gasteiger partial charge >= 0.3 is 5.97 Å². The molecular formula is C15H10ClFO3. The Hall–Kier alpha value is -2.20. The van der Waals surface area contributed by atoms with Gasteiger partial charge in [-0.05, 0) is 18.2 Å². The highest BCUT2D eigenvalue weighted by molar-refractivity contribution is 6.33. The fourth-order valence-corrected chi connectivity index (χ4v) is 1.82. The Kier molecular flexibility index (Phi) is 4.48. The third-order valence-corrected chi connectivity index (χ3v) is 2.89. The first kappa shape index (κ1) is 14.2. The summed E-state index contributed by atoms with van der Waals surface area (Å²) >= 11 is 5.73. The van der Waals surface area contributed by atoms with Crippen molar-refractivity contribution in [3.63, 3.8) is 0 Å². The highest BCUT2D eigenvalue weighted by Gasteiger charge is 2.14. The van der Waals surface area contributed by atoms with Crippen molar-refractivity contribution in [1.29, 1.82) is 0 Å². The van der Waals surface area contributed by atoms with Gasteiger partial charge in [-0.3, -0.25) is 4.79 Å². The predicted octanol–water partition coefficient (Wildman–Crippen LogP) is 3.52. The summed E-state index contributed by atoms with van der Waals surface area (Å²) in [5.74, 6) is -1.64. The lowest BCUT2D eigenvalue weighted by molar-refractivity contribution is 0.0475. The number of halogens is 2. The molecule has 0 bridgehead atoms. The van der Waals surface area contributed by atoms with E-state index >= 15 is 0 Å². The maximum Gasteiger partial charge on any atom is 0.340 e. The summed E-state index contributed by atoms with van der Waals surface area (Å²) in [6, 6.07) is 11.8. The first-order chi connectivity index (χ1) is 9.58. The first-order valence-electron chi connectivity index (χ1n) is 5.78. The van der Waals surface area contributed by atoms with E-state index in [9.17, 15) is 14.0 Å². The number of ether oxygens (including phenoxy) is 1. The van der Waals surface area contributed by atoms with E-state index in [2.05, 4.69) is 0 Å². The van der Waals surface area contributed by atoms with Gasteiger partial charge in [-0.1, -0.05) is 41.9 Å². The highest BCUT2D eigenvalue weighted by atomic mass is 35.5. The molecule has 0 aliphatic carbocycles. The molecule has 3 nitrogen and oxygen atoms in total. The van der Waals surface area contributed by atoms with Crippen LogP contribution in [0.25, 0.3) is 0 Å². The SMILES string of the molecule is O=C(COC(=O)c1ccc(F)cc1Cl)c1ccccc1. The van der Waals surface area contributed by atoms with Gasteiger partial charge < -0.3 is 4.74 Å². The molecule has 0 N–H and O–H groups in total. The number of carbonyl (C=O) groups is 2. The van der Waals surface area contributed by atoms with Crippen molar-refractivity contribution in [3.05, 3.63) is 70.5 Å². The summed E-state index contributed by atoms with van der Waals surface area (Å²) in [4.78, 5) is 23.5. The van der Waals surface area contributed by atoms with Crippen molar-refractivity contribution >= 4 is 23.4 Å². The first-order valence-corrected chi connectivity index (χ1v) is 6.16. The smallest absolute Gasteiger partial charge is 0.340 e. The number of Topliss-reactive ketones (excluding diaryl/α,β-unsaturated/α-hetero) is 1. The molecular weight excluding hydrogens is 283 g/mol. The van der Waals surface area contributed by atoms with Crippen molar-refractivity contribution in [3.8, 4) is 0 Å². The van der Waals surface area contributed by atoms with Crippen LogP contribution < -0.4 is 0 Å². The minimum absolute atomic E-state index is 0.0222. The summed E-state index contributed by atoms with van der Waals surface area (Å²) in [6.45, 7) is -0.392. The molecule has 0 atom stereocenters. The average Bonchev–Trinajstić information content (AvgIpc) is 2.45. The molecule has 0 amide bonds. The Balaban J connectivity index is 2.00. The van der Waals surface area contributed by atoms with Crippen LogP contribution in [0.2, 0.25) is 5.02 Å². The monoisotopic (exact) mass is 292 g/mol. The average molecular weight is 293 g/mol. The minimum atomic E-state index is -0.765. The van der Waals surface area contributed by atoms with E-state index in [1.165, 1.54) is 6.07 Å². The number of hydrogen-bond acceptors (Lipinski definition) is 3. The van der Waals surface area contributed by atoms with Gasteiger partial charge in [-0.2, -0.15) is 0 Å². The van der Waals surface area contributed by atoms with Crippen LogP contribution in [0.1, 0.15) is 20.7 Å². The zero-order chi connectivity index (χ0) is 14.5. The number of ketones is 1. The van der Waals surface area contributed by atoms with Crippen LogP contribution in [0.4, 0.5) is 4.39 Å². The van der Waals surface area contributed by atoms with Gasteiger partial charge in [0, 0.05) is 5.56 Å². The second kappa shape index (κ2) is 6.30. The fourth-order valence-electron chi connectivity index (χ4n) is 1.57. The second-order valence-electron chi connectivity index (χ2n) is 3.99. The quantitative estimate of drug-likeness (QED) is 0.640. The van der Waals surface area contributed by atoms with E-state index in [1.54, 1.807) is 30.3 Å². The number of benzene rings is 2. The second-order valence-corrected chi connectivity index (χ2v) is 4.40. The van der Waals surface area contributed by atoms with Gasteiger partial charge in [0.15, 0.2) is 12.4 Å². The molecule has 0 saturated carbocycles. The van der Waals surface area contributed by atoms with Crippen LogP contribution >= 0.6 is 11.6 Å². The third-order valence-electron chi connectivity index (χ3n) is 2.58. The number of rotatable bonds is 4. The molecule has 0 heterocycles. The van der Waals surface area contributed by atoms with Gasteiger partial charge in [0.2, 0.25) is 0 Å². The van der Waals surface area contributed by atoms with Gasteiger partial charge in [0.05, 0.1) is 10.6 Å². The summed E-state index contributed by atoms with van der Waals surface area (Å²) in [6.07, 6.45) is 0. The molecule has 20 heavy (non-hydrogen) atoms. The van der Waals surface area contributed by atoms with E-state index in [0.717, 1.165) is 12.1 Å². The predicted molar refractivity (Wildman–Crippen MR) is 72.5 cm³/mol. The molecule has 0 aliphatic rings. The largest absolute Gasteiger partial charge is 0.454 e.